The third-order valence-corrected chi connectivity index (χ3v) is 2.79. The molecule has 1 rings (SSSR count). The van der Waals surface area contributed by atoms with Crippen LogP contribution in [0.2, 0.25) is 0 Å². The molecule has 1 unspecified atom stereocenters. The molecule has 0 aromatic carbocycles. The van der Waals surface area contributed by atoms with Crippen molar-refractivity contribution in [3.63, 3.8) is 0 Å². The number of hydrogen-bond acceptors (Lipinski definition) is 4. The molecule has 0 spiro atoms. The van der Waals surface area contributed by atoms with E-state index < -0.39 is 0 Å². The molecule has 4 nitrogen and oxygen atoms in total. The molecular formula is C13H23N3O. The van der Waals surface area contributed by atoms with E-state index >= 15 is 0 Å². The summed E-state index contributed by atoms with van der Waals surface area (Å²) >= 11 is 0. The van der Waals surface area contributed by atoms with Gasteiger partial charge in [0, 0.05) is 30.8 Å². The summed E-state index contributed by atoms with van der Waals surface area (Å²) in [6.45, 7) is 9.86. The van der Waals surface area contributed by atoms with Crippen LogP contribution in [0.4, 0.5) is 5.82 Å². The fourth-order valence-corrected chi connectivity index (χ4v) is 1.90. The number of aromatic nitrogens is 2. The van der Waals surface area contributed by atoms with Gasteiger partial charge in [0.05, 0.1) is 6.61 Å². The summed E-state index contributed by atoms with van der Waals surface area (Å²) in [5, 5.41) is 3.31. The lowest BCUT2D eigenvalue weighted by Crippen LogP contribution is -2.13. The van der Waals surface area contributed by atoms with Gasteiger partial charge in [0.25, 0.3) is 0 Å². The Kier molecular flexibility index (Phi) is 5.35. The summed E-state index contributed by atoms with van der Waals surface area (Å²) in [6.07, 6.45) is 0.951. The van der Waals surface area contributed by atoms with E-state index in [1.54, 1.807) is 7.11 Å². The Morgan fingerprint density at radius 2 is 2.00 bits per heavy atom. The molecule has 0 bridgehead atoms. The van der Waals surface area contributed by atoms with E-state index in [1.165, 1.54) is 5.56 Å². The average Bonchev–Trinajstić information content (AvgIpc) is 2.29. The van der Waals surface area contributed by atoms with Crippen molar-refractivity contribution in [3.05, 3.63) is 17.1 Å². The van der Waals surface area contributed by atoms with Crippen LogP contribution >= 0.6 is 0 Å². The van der Waals surface area contributed by atoms with Gasteiger partial charge in [-0.25, -0.2) is 9.97 Å². The molecule has 0 fully saturated rings. The Labute approximate surface area is 104 Å². The van der Waals surface area contributed by atoms with Crippen LogP contribution in [0, 0.1) is 6.92 Å². The van der Waals surface area contributed by atoms with Gasteiger partial charge in [0.1, 0.15) is 11.6 Å². The van der Waals surface area contributed by atoms with Crippen LogP contribution < -0.4 is 5.32 Å². The molecular weight excluding hydrogens is 214 g/mol. The number of hydrogen-bond donors (Lipinski definition) is 1. The molecule has 96 valence electrons. The lowest BCUT2D eigenvalue weighted by Gasteiger charge is -2.15. The first-order valence-corrected chi connectivity index (χ1v) is 6.24. The summed E-state index contributed by atoms with van der Waals surface area (Å²) in [7, 11) is 1.70. The number of anilines is 1. The van der Waals surface area contributed by atoms with Crippen molar-refractivity contribution in [1.29, 1.82) is 0 Å². The van der Waals surface area contributed by atoms with Crippen LogP contribution in [-0.4, -0.2) is 30.2 Å². The Hall–Kier alpha value is -1.16. The fourth-order valence-electron chi connectivity index (χ4n) is 1.90. The molecule has 0 amide bonds. The van der Waals surface area contributed by atoms with E-state index in [4.69, 9.17) is 4.74 Å². The lowest BCUT2D eigenvalue weighted by molar-refractivity contribution is 0.181. The maximum Gasteiger partial charge on any atom is 0.136 e. The predicted molar refractivity (Wildman–Crippen MR) is 70.6 cm³/mol. The molecule has 0 saturated carbocycles. The maximum absolute atomic E-state index is 5.15. The number of nitrogens with one attached hydrogen (secondary N) is 1. The minimum Gasteiger partial charge on any atom is -0.384 e. The smallest absolute Gasteiger partial charge is 0.136 e. The maximum atomic E-state index is 5.15. The zero-order chi connectivity index (χ0) is 12.8. The van der Waals surface area contributed by atoms with Gasteiger partial charge < -0.3 is 10.1 Å². The summed E-state index contributed by atoms with van der Waals surface area (Å²) in [5.74, 6) is 2.06. The van der Waals surface area contributed by atoms with Crippen LogP contribution in [0.3, 0.4) is 0 Å². The predicted octanol–water partition coefficient (Wildman–Crippen LogP) is 2.53. The molecule has 0 aliphatic carbocycles. The molecule has 17 heavy (non-hydrogen) atoms. The Balaban J connectivity index is 3.09. The fraction of sp³-hybridized carbons (Fsp3) is 0.692. The van der Waals surface area contributed by atoms with Crippen molar-refractivity contribution >= 4 is 5.82 Å². The van der Waals surface area contributed by atoms with Gasteiger partial charge in [0.15, 0.2) is 0 Å². The largest absolute Gasteiger partial charge is 0.384 e. The average molecular weight is 237 g/mol. The summed E-state index contributed by atoms with van der Waals surface area (Å²) in [4.78, 5) is 9.18. The van der Waals surface area contributed by atoms with Gasteiger partial charge >= 0.3 is 0 Å². The van der Waals surface area contributed by atoms with Crippen molar-refractivity contribution in [2.75, 3.05) is 25.6 Å². The number of aryl methyl sites for hydroxylation is 1. The molecule has 0 aliphatic rings. The molecule has 0 radical (unpaired) electrons. The molecule has 1 aromatic heterocycles. The third kappa shape index (κ3) is 3.40. The van der Waals surface area contributed by atoms with Gasteiger partial charge in [-0.2, -0.15) is 0 Å². The number of ether oxygens (including phenoxy) is 1. The molecule has 1 aromatic rings. The molecule has 1 heterocycles. The van der Waals surface area contributed by atoms with E-state index in [-0.39, 0.29) is 5.92 Å². The topological polar surface area (TPSA) is 47.0 Å². The summed E-state index contributed by atoms with van der Waals surface area (Å²) in [5.41, 5.74) is 2.27. The minimum absolute atomic E-state index is 0.224. The van der Waals surface area contributed by atoms with Crippen LogP contribution in [0.1, 0.15) is 43.8 Å². The van der Waals surface area contributed by atoms with E-state index in [9.17, 15) is 0 Å². The van der Waals surface area contributed by atoms with Crippen LogP contribution in [-0.2, 0) is 11.2 Å². The first kappa shape index (κ1) is 13.9. The summed E-state index contributed by atoms with van der Waals surface area (Å²) in [6, 6.07) is 0. The number of nitrogens with zero attached hydrogens (tertiary/aromatic N) is 2. The van der Waals surface area contributed by atoms with E-state index in [2.05, 4.69) is 36.1 Å². The second-order valence-electron chi connectivity index (χ2n) is 4.23. The zero-order valence-corrected chi connectivity index (χ0v) is 11.5. The first-order valence-electron chi connectivity index (χ1n) is 6.24. The Morgan fingerprint density at radius 3 is 2.53 bits per heavy atom. The first-order chi connectivity index (χ1) is 8.13. The van der Waals surface area contributed by atoms with E-state index in [1.807, 2.05) is 6.92 Å². The van der Waals surface area contributed by atoms with Crippen LogP contribution in [0.5, 0.6) is 0 Å². The summed E-state index contributed by atoms with van der Waals surface area (Å²) < 4.78 is 5.15. The van der Waals surface area contributed by atoms with Crippen molar-refractivity contribution in [2.24, 2.45) is 0 Å². The second-order valence-corrected chi connectivity index (χ2v) is 4.23. The minimum atomic E-state index is 0.224. The molecule has 1 N–H and O–H groups in total. The van der Waals surface area contributed by atoms with Crippen molar-refractivity contribution in [2.45, 2.75) is 40.0 Å². The highest BCUT2D eigenvalue weighted by Crippen LogP contribution is 2.20. The van der Waals surface area contributed by atoms with Crippen molar-refractivity contribution in [1.82, 2.24) is 9.97 Å². The third-order valence-electron chi connectivity index (χ3n) is 2.79. The highest BCUT2D eigenvalue weighted by Gasteiger charge is 2.14. The quantitative estimate of drug-likeness (QED) is 0.826. The highest BCUT2D eigenvalue weighted by atomic mass is 16.5. The molecule has 0 saturated heterocycles. The van der Waals surface area contributed by atoms with E-state index in [0.29, 0.717) is 6.61 Å². The SMILES string of the molecule is CCNc1nc(C(C)COC)nc(C)c1CC. The number of rotatable bonds is 6. The second kappa shape index (κ2) is 6.55. The standard InChI is InChI=1S/C13H23N3O/c1-6-11-10(4)15-12(9(3)8-17-5)16-13(11)14-7-2/h9H,6-8H2,1-5H3,(H,14,15,16). The van der Waals surface area contributed by atoms with Gasteiger partial charge in [-0.05, 0) is 20.3 Å². The van der Waals surface area contributed by atoms with Crippen LogP contribution in [0.25, 0.3) is 0 Å². The Bertz CT molecular complexity index is 366. The van der Waals surface area contributed by atoms with E-state index in [0.717, 1.165) is 30.3 Å². The van der Waals surface area contributed by atoms with Gasteiger partial charge in [-0.1, -0.05) is 13.8 Å². The van der Waals surface area contributed by atoms with Gasteiger partial charge in [-0.3, -0.25) is 0 Å². The molecule has 0 aliphatic heterocycles. The number of methoxy groups -OCH3 is 1. The molecule has 4 heteroatoms. The van der Waals surface area contributed by atoms with Gasteiger partial charge in [0.2, 0.25) is 0 Å². The van der Waals surface area contributed by atoms with Crippen molar-refractivity contribution < 1.29 is 4.74 Å². The normalized spacial score (nSPS) is 12.5. The monoisotopic (exact) mass is 237 g/mol. The van der Waals surface area contributed by atoms with Crippen molar-refractivity contribution in [3.8, 4) is 0 Å². The lowest BCUT2D eigenvalue weighted by atomic mass is 10.1. The van der Waals surface area contributed by atoms with Crippen LogP contribution in [0.15, 0.2) is 0 Å². The highest BCUT2D eigenvalue weighted by molar-refractivity contribution is 5.46. The molecule has 1 atom stereocenters. The van der Waals surface area contributed by atoms with Gasteiger partial charge in [-0.15, -0.1) is 0 Å². The zero-order valence-electron chi connectivity index (χ0n) is 11.5. The Morgan fingerprint density at radius 1 is 1.29 bits per heavy atom.